The Morgan fingerprint density at radius 1 is 1.42 bits per heavy atom. The summed E-state index contributed by atoms with van der Waals surface area (Å²) < 4.78 is 1.06. The van der Waals surface area contributed by atoms with Crippen LogP contribution in [-0.4, -0.2) is 19.0 Å². The van der Waals surface area contributed by atoms with Crippen molar-refractivity contribution in [2.24, 2.45) is 17.4 Å². The molecule has 4 N–H and O–H groups in total. The van der Waals surface area contributed by atoms with Crippen LogP contribution in [0.4, 0.5) is 5.69 Å². The van der Waals surface area contributed by atoms with Gasteiger partial charge in [-0.05, 0) is 53.4 Å². The van der Waals surface area contributed by atoms with Crippen LogP contribution in [0.2, 0.25) is 0 Å². The van der Waals surface area contributed by atoms with Crippen LogP contribution in [0.5, 0.6) is 0 Å². The molecule has 1 aromatic carbocycles. The van der Waals surface area contributed by atoms with Crippen LogP contribution in [0.25, 0.3) is 0 Å². The molecule has 19 heavy (non-hydrogen) atoms. The lowest BCUT2D eigenvalue weighted by molar-refractivity contribution is -0.122. The number of nitrogens with two attached hydrogens (primary N) is 2. The van der Waals surface area contributed by atoms with Crippen LogP contribution in [0.3, 0.4) is 0 Å². The van der Waals surface area contributed by atoms with E-state index in [-0.39, 0.29) is 17.9 Å². The maximum Gasteiger partial charge on any atom is 0.220 e. The number of amides is 1. The van der Waals surface area contributed by atoms with Crippen molar-refractivity contribution in [3.8, 4) is 0 Å². The molecule has 1 saturated heterocycles. The molecule has 1 heterocycles. The molecule has 0 bridgehead atoms. The van der Waals surface area contributed by atoms with Crippen LogP contribution in [-0.2, 0) is 4.79 Å². The summed E-state index contributed by atoms with van der Waals surface area (Å²) in [5.41, 5.74) is 13.5. The number of anilines is 1. The van der Waals surface area contributed by atoms with Gasteiger partial charge in [0.2, 0.25) is 5.91 Å². The molecule has 1 aliphatic heterocycles. The first-order valence-electron chi connectivity index (χ1n) is 6.58. The van der Waals surface area contributed by atoms with Gasteiger partial charge in [0.1, 0.15) is 0 Å². The van der Waals surface area contributed by atoms with E-state index in [2.05, 4.69) is 39.0 Å². The third-order valence-electron chi connectivity index (χ3n) is 3.74. The quantitative estimate of drug-likeness (QED) is 0.894. The molecule has 0 aliphatic carbocycles. The zero-order chi connectivity index (χ0) is 14.0. The van der Waals surface area contributed by atoms with Gasteiger partial charge in [0, 0.05) is 29.5 Å². The van der Waals surface area contributed by atoms with E-state index in [4.69, 9.17) is 11.5 Å². The predicted molar refractivity (Wildman–Crippen MR) is 80.9 cm³/mol. The molecule has 0 saturated carbocycles. The van der Waals surface area contributed by atoms with E-state index in [1.54, 1.807) is 0 Å². The van der Waals surface area contributed by atoms with E-state index < -0.39 is 0 Å². The van der Waals surface area contributed by atoms with E-state index >= 15 is 0 Å². The first kappa shape index (κ1) is 14.3. The number of carbonyl (C=O) groups excluding carboxylic acids is 1. The van der Waals surface area contributed by atoms with E-state index in [9.17, 15) is 4.79 Å². The number of hydrogen-bond acceptors (Lipinski definition) is 3. The molecule has 1 fully saturated rings. The molecule has 0 aromatic heterocycles. The SMILES string of the molecule is C[C@@H](N)c1ccc(N2CCC(C(N)=O)CC2)c(Br)c1. The van der Waals surface area contributed by atoms with Crippen LogP contribution < -0.4 is 16.4 Å². The van der Waals surface area contributed by atoms with Crippen molar-refractivity contribution in [2.45, 2.75) is 25.8 Å². The van der Waals surface area contributed by atoms with Crippen molar-refractivity contribution in [1.29, 1.82) is 0 Å². The molecule has 0 unspecified atom stereocenters. The minimum atomic E-state index is -0.175. The highest BCUT2D eigenvalue weighted by Gasteiger charge is 2.24. The minimum Gasteiger partial charge on any atom is -0.371 e. The van der Waals surface area contributed by atoms with E-state index in [1.165, 1.54) is 0 Å². The largest absolute Gasteiger partial charge is 0.371 e. The normalized spacial score (nSPS) is 18.4. The third kappa shape index (κ3) is 3.28. The Morgan fingerprint density at radius 3 is 2.53 bits per heavy atom. The van der Waals surface area contributed by atoms with Crippen molar-refractivity contribution < 1.29 is 4.79 Å². The van der Waals surface area contributed by atoms with Crippen molar-refractivity contribution >= 4 is 27.5 Å². The number of primary amides is 1. The standard InChI is InChI=1S/C14H20BrN3O/c1-9(16)11-2-3-13(12(15)8-11)18-6-4-10(5-7-18)14(17)19/h2-3,8-10H,4-7,16H2,1H3,(H2,17,19)/t9-/m1/s1. The van der Waals surface area contributed by atoms with Gasteiger partial charge in [-0.1, -0.05) is 6.07 Å². The summed E-state index contributed by atoms with van der Waals surface area (Å²) in [5.74, 6) is -0.149. The second kappa shape index (κ2) is 5.92. The Kier molecular flexibility index (Phi) is 4.47. The molecule has 0 radical (unpaired) electrons. The zero-order valence-electron chi connectivity index (χ0n) is 11.1. The number of halogens is 1. The van der Waals surface area contributed by atoms with Crippen LogP contribution in [0.1, 0.15) is 31.4 Å². The Morgan fingerprint density at radius 2 is 2.05 bits per heavy atom. The Labute approximate surface area is 122 Å². The Hall–Kier alpha value is -1.07. The van der Waals surface area contributed by atoms with Gasteiger partial charge in [-0.15, -0.1) is 0 Å². The predicted octanol–water partition coefficient (Wildman–Crippen LogP) is 2.17. The van der Waals surface area contributed by atoms with E-state index in [0.29, 0.717) is 0 Å². The van der Waals surface area contributed by atoms with Gasteiger partial charge in [-0.25, -0.2) is 0 Å². The van der Waals surface area contributed by atoms with E-state index in [1.807, 2.05) is 6.92 Å². The molecule has 1 aromatic rings. The molecular weight excluding hydrogens is 306 g/mol. The topological polar surface area (TPSA) is 72.3 Å². The Balaban J connectivity index is 2.09. The van der Waals surface area contributed by atoms with Gasteiger partial charge in [0.25, 0.3) is 0 Å². The Bertz CT molecular complexity index is 468. The average molecular weight is 326 g/mol. The highest BCUT2D eigenvalue weighted by Crippen LogP contribution is 2.31. The third-order valence-corrected chi connectivity index (χ3v) is 4.37. The number of carbonyl (C=O) groups is 1. The molecule has 1 atom stereocenters. The van der Waals surface area contributed by atoms with Crippen molar-refractivity contribution in [2.75, 3.05) is 18.0 Å². The van der Waals surface area contributed by atoms with Crippen molar-refractivity contribution in [1.82, 2.24) is 0 Å². The smallest absolute Gasteiger partial charge is 0.220 e. The van der Waals surface area contributed by atoms with Crippen LogP contribution in [0, 0.1) is 5.92 Å². The van der Waals surface area contributed by atoms with Gasteiger partial charge in [-0.2, -0.15) is 0 Å². The minimum absolute atomic E-state index is 0.0263. The van der Waals surface area contributed by atoms with Gasteiger partial charge >= 0.3 is 0 Å². The first-order chi connectivity index (χ1) is 8.99. The number of piperidine rings is 1. The maximum absolute atomic E-state index is 11.2. The molecule has 1 amide bonds. The van der Waals surface area contributed by atoms with Gasteiger partial charge < -0.3 is 16.4 Å². The van der Waals surface area contributed by atoms with Crippen molar-refractivity contribution in [3.63, 3.8) is 0 Å². The molecule has 0 spiro atoms. The van der Waals surface area contributed by atoms with Gasteiger partial charge in [0.05, 0.1) is 5.69 Å². The molecular formula is C14H20BrN3O. The maximum atomic E-state index is 11.2. The van der Waals surface area contributed by atoms with Crippen molar-refractivity contribution in [3.05, 3.63) is 28.2 Å². The van der Waals surface area contributed by atoms with Crippen LogP contribution in [0.15, 0.2) is 22.7 Å². The van der Waals surface area contributed by atoms with Gasteiger partial charge in [0.15, 0.2) is 0 Å². The van der Waals surface area contributed by atoms with Gasteiger partial charge in [-0.3, -0.25) is 4.79 Å². The molecule has 2 rings (SSSR count). The highest BCUT2D eigenvalue weighted by atomic mass is 79.9. The second-order valence-electron chi connectivity index (χ2n) is 5.16. The number of hydrogen-bond donors (Lipinski definition) is 2. The summed E-state index contributed by atoms with van der Waals surface area (Å²) >= 11 is 3.61. The van der Waals surface area contributed by atoms with Crippen LogP contribution >= 0.6 is 15.9 Å². The summed E-state index contributed by atoms with van der Waals surface area (Å²) in [6.45, 7) is 3.70. The molecule has 4 nitrogen and oxygen atoms in total. The summed E-state index contributed by atoms with van der Waals surface area (Å²) in [6, 6.07) is 6.25. The lowest BCUT2D eigenvalue weighted by Crippen LogP contribution is -2.38. The molecule has 5 heteroatoms. The lowest BCUT2D eigenvalue weighted by atomic mass is 9.96. The fraction of sp³-hybridized carbons (Fsp3) is 0.500. The second-order valence-corrected chi connectivity index (χ2v) is 6.02. The monoisotopic (exact) mass is 325 g/mol. The lowest BCUT2D eigenvalue weighted by Gasteiger charge is -2.33. The number of benzene rings is 1. The molecule has 104 valence electrons. The highest BCUT2D eigenvalue weighted by molar-refractivity contribution is 9.10. The molecule has 1 aliphatic rings. The first-order valence-corrected chi connectivity index (χ1v) is 7.37. The average Bonchev–Trinajstić information content (AvgIpc) is 2.38. The summed E-state index contributed by atoms with van der Waals surface area (Å²) in [6.07, 6.45) is 1.66. The number of nitrogens with zero attached hydrogens (tertiary/aromatic N) is 1. The van der Waals surface area contributed by atoms with E-state index in [0.717, 1.165) is 41.7 Å². The fourth-order valence-electron chi connectivity index (χ4n) is 2.47. The zero-order valence-corrected chi connectivity index (χ0v) is 12.7. The summed E-state index contributed by atoms with van der Waals surface area (Å²) in [4.78, 5) is 13.5. The summed E-state index contributed by atoms with van der Waals surface area (Å²) in [5, 5.41) is 0. The summed E-state index contributed by atoms with van der Waals surface area (Å²) in [7, 11) is 0. The number of rotatable bonds is 3. The fourth-order valence-corrected chi connectivity index (χ4v) is 3.12.